The van der Waals surface area contributed by atoms with Crippen LogP contribution in [0.4, 0.5) is 0 Å². The first-order valence-electron chi connectivity index (χ1n) is 49.9. The Kier molecular flexibility index (Phi) is 18.2. The lowest BCUT2D eigenvalue weighted by Crippen LogP contribution is -2.23. The summed E-state index contributed by atoms with van der Waals surface area (Å²) >= 11 is 0. The highest BCUT2D eigenvalue weighted by atomic mass is 14.5. The van der Waals surface area contributed by atoms with Crippen LogP contribution >= 0.6 is 0 Å². The van der Waals surface area contributed by atoms with Crippen molar-refractivity contribution in [3.63, 3.8) is 0 Å². The zero-order valence-electron chi connectivity index (χ0n) is 79.2. The van der Waals surface area contributed by atoms with Crippen molar-refractivity contribution in [3.05, 3.63) is 469 Å². The van der Waals surface area contributed by atoms with Crippen LogP contribution in [0.25, 0.3) is 241 Å². The van der Waals surface area contributed by atoms with Crippen molar-refractivity contribution in [3.8, 4) is 111 Å². The average molecular weight is 1760 g/mol. The summed E-state index contributed by atoms with van der Waals surface area (Å²) < 4.78 is 0. The van der Waals surface area contributed by atoms with E-state index in [2.05, 4.69) is 480 Å². The van der Waals surface area contributed by atoms with E-state index in [4.69, 9.17) is 0 Å². The standard InChI is InChI=1S/C48H42.C46H26.C44H34/c1-5-47(6-2)41-23-15-13-17-33(41)35-27-25-31(29-43(35)47)45-37-19-9-11-21-39(37)46(40-22-12-10-20-38(40)45)32-26-28-36-34-18-14-16-24-42(34)48(7-3,8-4)44(36)30-32;1-2-12-34-33(11-1)45(39-25-21-31-17-15-27-7-5-9-29-19-23-37(39)43(31)41(27)29)35-13-3-4-14-36(35)46(34)40-26-22-32-18-16-28-8-6-10-30-20-24-38(40)44(32)42(28)30;1-43(2)37-19-11-9-13-29(37)31-23-21-27(25-39(31)43)41-33-15-5-7-17-35(33)42(36-18-8-6-16-34(36)41)28-22-24-32-30-14-10-12-20-38(30)44(3,4)40(32)26-28/h9-30H,5-8H2,1-4H3;1-26H;5-26H,1-4H3. The van der Waals surface area contributed by atoms with E-state index in [0.29, 0.717) is 0 Å². The van der Waals surface area contributed by atoms with Gasteiger partial charge in [0, 0.05) is 21.7 Å². The highest BCUT2D eigenvalue weighted by molar-refractivity contribution is 6.33. The van der Waals surface area contributed by atoms with Gasteiger partial charge in [-0.1, -0.05) is 456 Å². The molecule has 25 aromatic rings. The molecule has 0 spiro atoms. The van der Waals surface area contributed by atoms with Gasteiger partial charge >= 0.3 is 0 Å². The molecule has 0 saturated carbocycles. The van der Waals surface area contributed by atoms with Crippen molar-refractivity contribution in [2.24, 2.45) is 0 Å². The van der Waals surface area contributed by atoms with Gasteiger partial charge in [-0.15, -0.1) is 0 Å². The summed E-state index contributed by atoms with van der Waals surface area (Å²) in [5.74, 6) is 0. The van der Waals surface area contributed by atoms with Crippen molar-refractivity contribution < 1.29 is 0 Å². The van der Waals surface area contributed by atoms with Gasteiger partial charge in [-0.05, 0) is 335 Å². The fourth-order valence-corrected chi connectivity index (χ4v) is 27.1. The second kappa shape index (κ2) is 30.8. The molecule has 4 aliphatic carbocycles. The molecule has 4 aliphatic rings. The molecular formula is C138H102. The molecule has 0 aliphatic heterocycles. The van der Waals surface area contributed by atoms with Gasteiger partial charge in [0.1, 0.15) is 0 Å². The van der Waals surface area contributed by atoms with Crippen molar-refractivity contribution in [2.75, 3.05) is 0 Å². The van der Waals surface area contributed by atoms with Gasteiger partial charge in [0.15, 0.2) is 0 Å². The van der Waals surface area contributed by atoms with Gasteiger partial charge in [0.2, 0.25) is 0 Å². The summed E-state index contributed by atoms with van der Waals surface area (Å²) in [5, 5.41) is 31.5. The maximum Gasteiger partial charge on any atom is 0.0210 e. The van der Waals surface area contributed by atoms with Crippen molar-refractivity contribution >= 4 is 129 Å². The predicted molar refractivity (Wildman–Crippen MR) is 593 cm³/mol. The Morgan fingerprint density at radius 2 is 0.348 bits per heavy atom. The molecule has 0 radical (unpaired) electrons. The molecule has 654 valence electrons. The molecule has 0 unspecified atom stereocenters. The van der Waals surface area contributed by atoms with Crippen LogP contribution in [0.2, 0.25) is 0 Å². The lowest BCUT2D eigenvalue weighted by Gasteiger charge is -2.30. The highest BCUT2D eigenvalue weighted by Gasteiger charge is 2.44. The van der Waals surface area contributed by atoms with Gasteiger partial charge in [0.25, 0.3) is 0 Å². The maximum absolute atomic E-state index is 2.54. The van der Waals surface area contributed by atoms with Crippen molar-refractivity contribution in [1.29, 1.82) is 0 Å². The summed E-state index contributed by atoms with van der Waals surface area (Å²) in [6.07, 6.45) is 4.38. The van der Waals surface area contributed by atoms with E-state index in [1.807, 2.05) is 0 Å². The Hall–Kier alpha value is -15.9. The molecule has 0 N–H and O–H groups in total. The fraction of sp³-hybridized carbons (Fsp3) is 0.116. The van der Waals surface area contributed by atoms with E-state index in [1.165, 1.54) is 285 Å². The SMILES string of the molecule is CC1(C)c2ccccc2-c2ccc(-c3c4ccccc4c(-c4ccc5c(c4)C(C)(C)c4ccccc4-5)c4ccccc34)cc21.CCC1(CC)c2ccccc2-c2ccc(-c3c4ccccc4c(-c4ccc5c(c4)C(CC)(CC)c4ccccc4-5)c4ccccc34)cc21.c1cc2ccc3ccc(-c4c5ccccc5c(-c5ccc6ccc7cccc8ccc5c6c78)c5ccccc45)c4ccc(c1)c2c34. The van der Waals surface area contributed by atoms with Gasteiger partial charge in [-0.3, -0.25) is 0 Å². The van der Waals surface area contributed by atoms with Gasteiger partial charge in [-0.2, -0.15) is 0 Å². The van der Waals surface area contributed by atoms with E-state index in [0.717, 1.165) is 25.7 Å². The smallest absolute Gasteiger partial charge is 0.0210 e. The second-order valence-corrected chi connectivity index (χ2v) is 40.5. The highest BCUT2D eigenvalue weighted by Crippen LogP contribution is 2.61. The van der Waals surface area contributed by atoms with Crippen LogP contribution in [0.1, 0.15) is 126 Å². The van der Waals surface area contributed by atoms with Crippen LogP contribution in [0.5, 0.6) is 0 Å². The summed E-state index contributed by atoms with van der Waals surface area (Å²) in [6.45, 7) is 18.9. The summed E-state index contributed by atoms with van der Waals surface area (Å²) in [7, 11) is 0. The Labute approximate surface area is 806 Å². The van der Waals surface area contributed by atoms with E-state index in [9.17, 15) is 0 Å². The third-order valence-electron chi connectivity index (χ3n) is 33.7. The summed E-state index contributed by atoms with van der Waals surface area (Å²) in [4.78, 5) is 0. The third kappa shape index (κ3) is 11.6. The Bertz CT molecular complexity index is 8710. The molecular weight excluding hydrogens is 1660 g/mol. The first-order chi connectivity index (χ1) is 67.8. The molecule has 0 heteroatoms. The molecule has 25 aromatic carbocycles. The average Bonchev–Trinajstić information content (AvgIpc) is 1.46. The zero-order valence-corrected chi connectivity index (χ0v) is 79.2. The molecule has 0 bridgehead atoms. The molecule has 0 fully saturated rings. The third-order valence-corrected chi connectivity index (χ3v) is 33.7. The predicted octanol–water partition coefficient (Wildman–Crippen LogP) is 38.6. The normalized spacial score (nSPS) is 14.1. The first-order valence-corrected chi connectivity index (χ1v) is 49.9. The monoisotopic (exact) mass is 1760 g/mol. The summed E-state index contributed by atoms with van der Waals surface area (Å²) in [5.41, 5.74) is 38.4. The van der Waals surface area contributed by atoms with Crippen LogP contribution < -0.4 is 0 Å². The van der Waals surface area contributed by atoms with Gasteiger partial charge in [-0.25, -0.2) is 0 Å². The molecule has 0 saturated heterocycles. The zero-order chi connectivity index (χ0) is 92.3. The largest absolute Gasteiger partial charge is 0.0642 e. The van der Waals surface area contributed by atoms with E-state index in [1.54, 1.807) is 0 Å². The van der Waals surface area contributed by atoms with Gasteiger partial charge in [0.05, 0.1) is 0 Å². The van der Waals surface area contributed by atoms with E-state index < -0.39 is 0 Å². The van der Waals surface area contributed by atoms with Crippen molar-refractivity contribution in [2.45, 2.75) is 103 Å². The second-order valence-electron chi connectivity index (χ2n) is 40.5. The minimum absolute atomic E-state index is 0.0394. The molecule has 0 atom stereocenters. The quantitative estimate of drug-likeness (QED) is 0.0946. The van der Waals surface area contributed by atoms with Crippen LogP contribution in [0.3, 0.4) is 0 Å². The Morgan fingerprint density at radius 3 is 0.630 bits per heavy atom. The number of rotatable bonds is 10. The molecule has 0 heterocycles. The topological polar surface area (TPSA) is 0 Å². The maximum atomic E-state index is 2.54. The number of hydrogen-bond donors (Lipinski definition) is 0. The molecule has 0 aromatic heterocycles. The lowest BCUT2D eigenvalue weighted by atomic mass is 9.73. The molecule has 138 heavy (non-hydrogen) atoms. The number of hydrogen-bond acceptors (Lipinski definition) is 0. The molecule has 0 amide bonds. The van der Waals surface area contributed by atoms with Crippen LogP contribution in [-0.2, 0) is 21.7 Å². The molecule has 0 nitrogen and oxygen atoms in total. The Balaban J connectivity index is 0.000000104. The minimum atomic E-state index is -0.0394. The van der Waals surface area contributed by atoms with Crippen LogP contribution in [-0.4, -0.2) is 0 Å². The van der Waals surface area contributed by atoms with Gasteiger partial charge < -0.3 is 0 Å². The lowest BCUT2D eigenvalue weighted by molar-refractivity contribution is 0.490. The summed E-state index contributed by atoms with van der Waals surface area (Å²) in [6, 6.07) is 160. The fourth-order valence-electron chi connectivity index (χ4n) is 27.1. The number of benzene rings is 25. The van der Waals surface area contributed by atoms with Crippen LogP contribution in [0.15, 0.2) is 425 Å². The van der Waals surface area contributed by atoms with Crippen LogP contribution in [0, 0.1) is 0 Å². The number of fused-ring (bicyclic) bond motifs is 18. The minimum Gasteiger partial charge on any atom is -0.0642 e. The van der Waals surface area contributed by atoms with Crippen molar-refractivity contribution in [1.82, 2.24) is 0 Å². The Morgan fingerprint density at radius 1 is 0.145 bits per heavy atom. The van der Waals surface area contributed by atoms with E-state index in [-0.39, 0.29) is 21.7 Å². The first kappa shape index (κ1) is 81.7. The van der Waals surface area contributed by atoms with E-state index >= 15 is 0 Å². The molecule has 29 rings (SSSR count).